The van der Waals surface area contributed by atoms with Gasteiger partial charge in [-0.05, 0) is 35.6 Å². The monoisotopic (exact) mass is 192 g/mol. The Labute approximate surface area is 82.3 Å². The summed E-state index contributed by atoms with van der Waals surface area (Å²) in [6.45, 7) is 0. The Bertz CT molecular complexity index is 371. The van der Waals surface area contributed by atoms with Crippen LogP contribution in [0.2, 0.25) is 0 Å². The second kappa shape index (κ2) is 3.33. The van der Waals surface area contributed by atoms with Crippen molar-refractivity contribution in [2.24, 2.45) is 0 Å². The molecular formula is C11H12O3. The molecule has 0 aromatic heterocycles. The minimum absolute atomic E-state index is 0.191. The number of benzene rings is 1. The van der Waals surface area contributed by atoms with Crippen LogP contribution in [0, 0.1) is 0 Å². The number of rotatable bonds is 2. The number of esters is 1. The minimum atomic E-state index is -0.191. The van der Waals surface area contributed by atoms with Crippen molar-refractivity contribution in [2.75, 3.05) is 7.11 Å². The first-order chi connectivity index (χ1) is 6.70. The summed E-state index contributed by atoms with van der Waals surface area (Å²) in [6.07, 6.45) is 1.32. The predicted molar refractivity (Wildman–Crippen MR) is 51.2 cm³/mol. The van der Waals surface area contributed by atoms with Crippen LogP contribution in [0.5, 0.6) is 5.75 Å². The van der Waals surface area contributed by atoms with Crippen LogP contribution in [0.3, 0.4) is 0 Å². The lowest BCUT2D eigenvalue weighted by Gasteiger charge is -2.29. The van der Waals surface area contributed by atoms with Gasteiger partial charge in [-0.15, -0.1) is 0 Å². The number of hydrogen-bond acceptors (Lipinski definition) is 3. The van der Waals surface area contributed by atoms with E-state index in [2.05, 4.69) is 4.74 Å². The summed E-state index contributed by atoms with van der Waals surface area (Å²) in [7, 11) is 1.39. The van der Waals surface area contributed by atoms with E-state index in [9.17, 15) is 9.90 Å². The Balaban J connectivity index is 2.11. The van der Waals surface area contributed by atoms with Gasteiger partial charge in [0.25, 0.3) is 0 Å². The van der Waals surface area contributed by atoms with E-state index in [-0.39, 0.29) is 17.6 Å². The molecule has 1 aromatic carbocycles. The van der Waals surface area contributed by atoms with Crippen molar-refractivity contribution in [3.05, 3.63) is 29.3 Å². The van der Waals surface area contributed by atoms with Gasteiger partial charge < -0.3 is 9.84 Å². The zero-order valence-electron chi connectivity index (χ0n) is 7.99. The molecule has 1 aliphatic carbocycles. The van der Waals surface area contributed by atoms with Gasteiger partial charge in [-0.3, -0.25) is 4.79 Å². The molecule has 0 radical (unpaired) electrons. The quantitative estimate of drug-likeness (QED) is 0.724. The smallest absolute Gasteiger partial charge is 0.306 e. The third-order valence-corrected chi connectivity index (χ3v) is 2.68. The lowest BCUT2D eigenvalue weighted by Crippen LogP contribution is -2.20. The molecule has 14 heavy (non-hydrogen) atoms. The highest BCUT2D eigenvalue weighted by atomic mass is 16.5. The molecule has 0 saturated heterocycles. The van der Waals surface area contributed by atoms with Crippen molar-refractivity contribution >= 4 is 5.97 Å². The average Bonchev–Trinajstić information content (AvgIpc) is 2.17. The third-order valence-electron chi connectivity index (χ3n) is 2.68. The maximum absolute atomic E-state index is 11.0. The molecule has 0 bridgehead atoms. The molecule has 1 atom stereocenters. The number of aromatic hydroxyl groups is 1. The Kier molecular flexibility index (Phi) is 2.15. The van der Waals surface area contributed by atoms with Crippen LogP contribution in [-0.4, -0.2) is 18.2 Å². The Hall–Kier alpha value is -1.51. The fourth-order valence-corrected chi connectivity index (χ4v) is 1.86. The van der Waals surface area contributed by atoms with Crippen molar-refractivity contribution in [3.8, 4) is 5.75 Å². The number of ether oxygens (including phenoxy) is 1. The number of fused-ring (bicyclic) bond motifs is 1. The maximum Gasteiger partial charge on any atom is 0.306 e. The molecule has 1 unspecified atom stereocenters. The number of phenols is 1. The first-order valence-corrected chi connectivity index (χ1v) is 4.59. The van der Waals surface area contributed by atoms with E-state index in [4.69, 9.17) is 0 Å². The van der Waals surface area contributed by atoms with E-state index < -0.39 is 0 Å². The van der Waals surface area contributed by atoms with Crippen molar-refractivity contribution < 1.29 is 14.6 Å². The summed E-state index contributed by atoms with van der Waals surface area (Å²) in [6, 6.07) is 5.30. The Morgan fingerprint density at radius 3 is 3.14 bits per heavy atom. The summed E-state index contributed by atoms with van der Waals surface area (Å²) in [5.41, 5.74) is 2.30. The highest BCUT2D eigenvalue weighted by Gasteiger charge is 2.28. The van der Waals surface area contributed by atoms with Crippen LogP contribution < -0.4 is 0 Å². The fraction of sp³-hybridized carbons (Fsp3) is 0.364. The molecule has 3 nitrogen and oxygen atoms in total. The zero-order chi connectivity index (χ0) is 10.1. The molecule has 0 fully saturated rings. The highest BCUT2D eigenvalue weighted by molar-refractivity contribution is 5.71. The number of carbonyl (C=O) groups excluding carboxylic acids is 1. The van der Waals surface area contributed by atoms with E-state index in [1.807, 2.05) is 6.07 Å². The van der Waals surface area contributed by atoms with E-state index in [1.54, 1.807) is 12.1 Å². The number of methoxy groups -OCH3 is 1. The van der Waals surface area contributed by atoms with Crippen molar-refractivity contribution in [1.29, 1.82) is 0 Å². The molecule has 0 amide bonds. The molecule has 1 aromatic rings. The zero-order valence-corrected chi connectivity index (χ0v) is 7.99. The molecule has 1 N–H and O–H groups in total. The second-order valence-electron chi connectivity index (χ2n) is 3.56. The van der Waals surface area contributed by atoms with Gasteiger partial charge in [0.05, 0.1) is 13.5 Å². The third kappa shape index (κ3) is 1.45. The largest absolute Gasteiger partial charge is 0.508 e. The molecule has 0 heterocycles. The van der Waals surface area contributed by atoms with Crippen LogP contribution >= 0.6 is 0 Å². The molecule has 3 heteroatoms. The lowest BCUT2D eigenvalue weighted by molar-refractivity contribution is -0.141. The minimum Gasteiger partial charge on any atom is -0.508 e. The standard InChI is InChI=1S/C11H12O3/c1-14-11(13)5-8-4-7-2-3-9(12)6-10(7)8/h2-3,6,8,12H,4-5H2,1H3. The van der Waals surface area contributed by atoms with Crippen LogP contribution in [0.1, 0.15) is 23.5 Å². The SMILES string of the molecule is COC(=O)CC1Cc2ccc(O)cc21. The van der Waals surface area contributed by atoms with Gasteiger partial charge in [-0.2, -0.15) is 0 Å². The van der Waals surface area contributed by atoms with Gasteiger partial charge in [0.2, 0.25) is 0 Å². The summed E-state index contributed by atoms with van der Waals surface area (Å²) in [4.78, 5) is 11.0. The first-order valence-electron chi connectivity index (χ1n) is 4.59. The van der Waals surface area contributed by atoms with Gasteiger partial charge in [0.1, 0.15) is 5.75 Å². The summed E-state index contributed by atoms with van der Waals surface area (Å²) >= 11 is 0. The molecule has 0 aliphatic heterocycles. The summed E-state index contributed by atoms with van der Waals surface area (Å²) < 4.78 is 4.60. The average molecular weight is 192 g/mol. The maximum atomic E-state index is 11.0. The van der Waals surface area contributed by atoms with Crippen molar-refractivity contribution in [1.82, 2.24) is 0 Å². The number of phenolic OH excluding ortho intramolecular Hbond substituents is 1. The van der Waals surface area contributed by atoms with E-state index in [1.165, 1.54) is 12.7 Å². The molecule has 1 aliphatic rings. The Morgan fingerprint density at radius 2 is 2.43 bits per heavy atom. The molecular weight excluding hydrogens is 180 g/mol. The van der Waals surface area contributed by atoms with Crippen LogP contribution in [0.15, 0.2) is 18.2 Å². The molecule has 74 valence electrons. The summed E-state index contributed by atoms with van der Waals surface area (Å²) in [5, 5.41) is 9.26. The van der Waals surface area contributed by atoms with E-state index in [0.717, 1.165) is 12.0 Å². The lowest BCUT2D eigenvalue weighted by atomic mass is 9.76. The number of carbonyl (C=O) groups is 1. The van der Waals surface area contributed by atoms with Gasteiger partial charge in [-0.1, -0.05) is 6.07 Å². The fourth-order valence-electron chi connectivity index (χ4n) is 1.86. The molecule has 0 saturated carbocycles. The van der Waals surface area contributed by atoms with Crippen LogP contribution in [0.4, 0.5) is 0 Å². The number of hydrogen-bond donors (Lipinski definition) is 1. The first kappa shape index (κ1) is 9.06. The molecule has 2 rings (SSSR count). The van der Waals surface area contributed by atoms with Gasteiger partial charge >= 0.3 is 5.97 Å². The van der Waals surface area contributed by atoms with E-state index in [0.29, 0.717) is 6.42 Å². The molecule has 0 spiro atoms. The van der Waals surface area contributed by atoms with Crippen molar-refractivity contribution in [2.45, 2.75) is 18.8 Å². The van der Waals surface area contributed by atoms with Crippen LogP contribution in [0.25, 0.3) is 0 Å². The topological polar surface area (TPSA) is 46.5 Å². The van der Waals surface area contributed by atoms with Gasteiger partial charge in [-0.25, -0.2) is 0 Å². The summed E-state index contributed by atoms with van der Waals surface area (Å²) in [5.74, 6) is 0.298. The van der Waals surface area contributed by atoms with Gasteiger partial charge in [0.15, 0.2) is 0 Å². The Morgan fingerprint density at radius 1 is 1.64 bits per heavy atom. The van der Waals surface area contributed by atoms with E-state index >= 15 is 0 Å². The van der Waals surface area contributed by atoms with Crippen LogP contribution in [-0.2, 0) is 16.0 Å². The van der Waals surface area contributed by atoms with Crippen molar-refractivity contribution in [3.63, 3.8) is 0 Å². The second-order valence-corrected chi connectivity index (χ2v) is 3.56. The predicted octanol–water partition coefficient (Wildman–Crippen LogP) is 1.59. The highest BCUT2D eigenvalue weighted by Crippen LogP contribution is 2.39. The normalized spacial score (nSPS) is 18.2. The van der Waals surface area contributed by atoms with Gasteiger partial charge in [0, 0.05) is 0 Å².